The molecule has 0 radical (unpaired) electrons. The number of halogens is 3. The Hall–Kier alpha value is -5.63. The number of nitrogens with zero attached hydrogens (tertiary/aromatic N) is 1. The van der Waals surface area contributed by atoms with Crippen LogP contribution in [0.2, 0.25) is 10.0 Å². The van der Waals surface area contributed by atoms with E-state index in [1.165, 1.54) is 6.07 Å². The third kappa shape index (κ3) is 7.57. The van der Waals surface area contributed by atoms with Gasteiger partial charge in [0.2, 0.25) is 23.6 Å². The number of carbonyl (C=O) groups is 6. The second kappa shape index (κ2) is 17.2. The highest BCUT2D eigenvalue weighted by Gasteiger charge is 2.72. The molecule has 0 aromatic heterocycles. The van der Waals surface area contributed by atoms with Gasteiger partial charge in [-0.05, 0) is 109 Å². The van der Waals surface area contributed by atoms with E-state index in [1.807, 2.05) is 24.3 Å². The van der Waals surface area contributed by atoms with E-state index in [-0.39, 0.29) is 40.6 Å². The van der Waals surface area contributed by atoms with E-state index in [9.17, 15) is 28.8 Å². The Balaban J connectivity index is 0.822. The van der Waals surface area contributed by atoms with Crippen LogP contribution >= 0.6 is 23.2 Å². The number of anilines is 2. The smallest absolute Gasteiger partial charge is 0.255 e. The summed E-state index contributed by atoms with van der Waals surface area (Å²) in [7, 11) is 0. The molecule has 15 heteroatoms. The highest BCUT2D eigenvalue weighted by atomic mass is 35.5. The number of benzene rings is 4. The third-order valence-corrected chi connectivity index (χ3v) is 14.3. The number of rotatable bonds is 11. The first kappa shape index (κ1) is 42.7. The SMILES string of the molecule is O=C1CCC(N2Cc3cc(CCCCCNC(=O)c4ccc(NC(=O)[C@@H]5NC6(CCCCC6)[C@@]6(C(=O)Nc7cc(Cl)ccc76)[C@H]5c5cccc(Cl)c5F)cc4)ccc3C2=O)C(=O)N1. The first-order chi connectivity index (χ1) is 30.4. The van der Waals surface area contributed by atoms with Gasteiger partial charge in [-0.25, -0.2) is 4.39 Å². The second-order valence-electron chi connectivity index (χ2n) is 17.4. The predicted molar refractivity (Wildman–Crippen MR) is 236 cm³/mol. The average Bonchev–Trinajstić information content (AvgIpc) is 3.86. The van der Waals surface area contributed by atoms with Gasteiger partial charge in [0.15, 0.2) is 0 Å². The van der Waals surface area contributed by atoms with Crippen LogP contribution in [0.4, 0.5) is 15.8 Å². The normalized spacial score (nSPS) is 23.4. The monoisotopic (exact) mass is 892 g/mol. The number of hydrogen-bond donors (Lipinski definition) is 5. The Morgan fingerprint density at radius 3 is 2.44 bits per heavy atom. The quantitative estimate of drug-likeness (QED) is 0.0778. The summed E-state index contributed by atoms with van der Waals surface area (Å²) in [6.45, 7) is 0.808. The van der Waals surface area contributed by atoms with Crippen molar-refractivity contribution >= 4 is 70.0 Å². The van der Waals surface area contributed by atoms with E-state index in [0.29, 0.717) is 65.4 Å². The van der Waals surface area contributed by atoms with Gasteiger partial charge >= 0.3 is 0 Å². The lowest BCUT2D eigenvalue weighted by Gasteiger charge is -2.47. The second-order valence-corrected chi connectivity index (χ2v) is 18.2. The molecule has 4 heterocycles. The van der Waals surface area contributed by atoms with E-state index in [2.05, 4.69) is 26.6 Å². The predicted octanol–water partition coefficient (Wildman–Crippen LogP) is 7.32. The van der Waals surface area contributed by atoms with Crippen LogP contribution in [0.25, 0.3) is 0 Å². The van der Waals surface area contributed by atoms with Crippen LogP contribution in [0.1, 0.15) is 113 Å². The van der Waals surface area contributed by atoms with Gasteiger partial charge in [0.1, 0.15) is 17.3 Å². The number of imide groups is 1. The number of piperidine rings is 1. The molecule has 5 aliphatic rings. The first-order valence-electron chi connectivity index (χ1n) is 21.7. The molecule has 12 nitrogen and oxygen atoms in total. The van der Waals surface area contributed by atoms with Crippen LogP contribution in [0.3, 0.4) is 0 Å². The van der Waals surface area contributed by atoms with E-state index < -0.39 is 46.6 Å². The summed E-state index contributed by atoms with van der Waals surface area (Å²) in [6, 6.07) is 20.6. The standard InChI is InChI=1S/C48H47Cl2FN6O6/c49-30-14-18-34-36(25-30)54-46(63)48(34)39(33-9-7-10-35(50)40(33)51)41(56-47(48)21-4-2-5-22-47)44(61)53-31-15-12-28(13-16-31)42(59)52-23-6-1-3-8-27-11-17-32-29(24-27)26-57(45(32)62)37-19-20-38(58)55-43(37)60/h7,9-18,24-25,37,39,41,56H,1-6,8,19-23,26H2,(H,52,59)(H,53,61)(H,54,63)(H,55,58,60)/t37?,39-,41+,48+/m0/s1. The Kier molecular flexibility index (Phi) is 11.6. The molecule has 2 spiro atoms. The molecule has 1 aliphatic carbocycles. The fraction of sp³-hybridized carbons (Fsp3) is 0.375. The number of unbranched alkanes of at least 4 members (excludes halogenated alkanes) is 2. The number of fused-ring (bicyclic) bond motifs is 4. The Morgan fingerprint density at radius 2 is 1.67 bits per heavy atom. The first-order valence-corrected chi connectivity index (χ1v) is 22.4. The fourth-order valence-corrected chi connectivity index (χ4v) is 11.2. The molecule has 326 valence electrons. The molecule has 63 heavy (non-hydrogen) atoms. The zero-order chi connectivity index (χ0) is 44.0. The molecule has 3 fully saturated rings. The minimum absolute atomic E-state index is 0.104. The highest BCUT2D eigenvalue weighted by molar-refractivity contribution is 6.31. The van der Waals surface area contributed by atoms with Gasteiger partial charge in [0.25, 0.3) is 11.8 Å². The molecule has 1 unspecified atom stereocenters. The number of amides is 6. The van der Waals surface area contributed by atoms with E-state index in [0.717, 1.165) is 56.1 Å². The molecular weight excluding hydrogens is 846 g/mol. The average molecular weight is 894 g/mol. The van der Waals surface area contributed by atoms with Gasteiger partial charge in [-0.1, -0.05) is 79.2 Å². The van der Waals surface area contributed by atoms with Gasteiger partial charge in [-0.3, -0.25) is 39.4 Å². The van der Waals surface area contributed by atoms with Crippen molar-refractivity contribution in [2.75, 3.05) is 17.2 Å². The number of nitrogens with one attached hydrogen (secondary N) is 5. The Morgan fingerprint density at radius 1 is 0.873 bits per heavy atom. The number of aryl methyl sites for hydroxylation is 1. The molecule has 2 saturated heterocycles. The van der Waals surface area contributed by atoms with Crippen molar-refractivity contribution in [1.29, 1.82) is 0 Å². The van der Waals surface area contributed by atoms with Crippen molar-refractivity contribution < 1.29 is 33.2 Å². The van der Waals surface area contributed by atoms with Crippen molar-refractivity contribution in [2.24, 2.45) is 0 Å². The molecule has 6 amide bonds. The molecule has 4 atom stereocenters. The summed E-state index contributed by atoms with van der Waals surface area (Å²) >= 11 is 12.8. The van der Waals surface area contributed by atoms with Gasteiger partial charge in [-0.15, -0.1) is 0 Å². The molecule has 0 bridgehead atoms. The van der Waals surface area contributed by atoms with Crippen LogP contribution in [-0.2, 0) is 37.6 Å². The van der Waals surface area contributed by atoms with Gasteiger partial charge in [0.05, 0.1) is 11.1 Å². The Labute approximate surface area is 374 Å². The summed E-state index contributed by atoms with van der Waals surface area (Å²) in [6.07, 6.45) is 7.64. The Bertz CT molecular complexity index is 2550. The molecule has 5 N–H and O–H groups in total. The summed E-state index contributed by atoms with van der Waals surface area (Å²) in [4.78, 5) is 80.8. The van der Waals surface area contributed by atoms with E-state index in [1.54, 1.807) is 53.4 Å². The molecule has 4 aromatic carbocycles. The lowest BCUT2D eigenvalue weighted by Crippen LogP contribution is -2.60. The van der Waals surface area contributed by atoms with Crippen LogP contribution < -0.4 is 26.6 Å². The minimum Gasteiger partial charge on any atom is -0.352 e. The van der Waals surface area contributed by atoms with Crippen molar-refractivity contribution in [3.05, 3.63) is 128 Å². The maximum atomic E-state index is 16.2. The summed E-state index contributed by atoms with van der Waals surface area (Å²) in [5, 5.41) is 15.3. The molecule has 4 aromatic rings. The maximum absolute atomic E-state index is 16.2. The summed E-state index contributed by atoms with van der Waals surface area (Å²) in [5.74, 6) is -3.60. The maximum Gasteiger partial charge on any atom is 0.255 e. The van der Waals surface area contributed by atoms with E-state index in [4.69, 9.17) is 23.2 Å². The van der Waals surface area contributed by atoms with Crippen LogP contribution in [0, 0.1) is 5.82 Å². The fourth-order valence-electron chi connectivity index (χ4n) is 10.9. The van der Waals surface area contributed by atoms with Crippen LogP contribution in [-0.4, -0.2) is 64.5 Å². The van der Waals surface area contributed by atoms with Gasteiger partial charge in [-0.2, -0.15) is 0 Å². The van der Waals surface area contributed by atoms with E-state index >= 15 is 4.39 Å². The molecule has 4 aliphatic heterocycles. The topological polar surface area (TPSA) is 166 Å². The molecule has 1 saturated carbocycles. The lowest BCUT2D eigenvalue weighted by molar-refractivity contribution is -0.137. The van der Waals surface area contributed by atoms with Crippen molar-refractivity contribution in [3.8, 4) is 0 Å². The van der Waals surface area contributed by atoms with Gasteiger partial charge < -0.3 is 20.9 Å². The molecular formula is C48H47Cl2FN6O6. The van der Waals surface area contributed by atoms with Crippen LogP contribution in [0.5, 0.6) is 0 Å². The van der Waals surface area contributed by atoms with Crippen molar-refractivity contribution in [2.45, 2.75) is 106 Å². The van der Waals surface area contributed by atoms with Crippen molar-refractivity contribution in [3.63, 3.8) is 0 Å². The van der Waals surface area contributed by atoms with Crippen LogP contribution in [0.15, 0.2) is 78.9 Å². The zero-order valence-corrected chi connectivity index (χ0v) is 36.0. The zero-order valence-electron chi connectivity index (χ0n) is 34.5. The summed E-state index contributed by atoms with van der Waals surface area (Å²) in [5.41, 5.74) is 2.57. The number of hydrogen-bond acceptors (Lipinski definition) is 7. The number of carbonyl (C=O) groups excluding carboxylic acids is 6. The third-order valence-electron chi connectivity index (χ3n) is 13.7. The van der Waals surface area contributed by atoms with Gasteiger partial charge in [0, 0.05) is 58.5 Å². The summed E-state index contributed by atoms with van der Waals surface area (Å²) < 4.78 is 16.2. The lowest BCUT2D eigenvalue weighted by atomic mass is 9.55. The molecule has 9 rings (SSSR count). The largest absolute Gasteiger partial charge is 0.352 e. The minimum atomic E-state index is -1.35. The highest BCUT2D eigenvalue weighted by Crippen LogP contribution is 2.63. The van der Waals surface area contributed by atoms with Crippen molar-refractivity contribution in [1.82, 2.24) is 20.9 Å².